The minimum Gasteiger partial charge on any atom is -0.467 e. The Morgan fingerprint density at radius 3 is 2.20 bits per heavy atom. The Kier molecular flexibility index (Phi) is 3.63. The maximum absolute atomic E-state index is 11.6. The predicted octanol–water partition coefficient (Wildman–Crippen LogP) is 2.04. The summed E-state index contributed by atoms with van der Waals surface area (Å²) in [5, 5.41) is 0. The molecule has 0 N–H and O–H groups in total. The number of ether oxygens (including phenoxy) is 1. The molecule has 0 saturated carbocycles. The lowest BCUT2D eigenvalue weighted by atomic mass is 9.95. The van der Waals surface area contributed by atoms with E-state index in [1.807, 2.05) is 6.07 Å². The van der Waals surface area contributed by atoms with Crippen LogP contribution in [0.15, 0.2) is 30.3 Å². The third-order valence-electron chi connectivity index (χ3n) is 2.12. The fourth-order valence-corrected chi connectivity index (χ4v) is 1.70. The van der Waals surface area contributed by atoms with Crippen molar-refractivity contribution in [2.75, 3.05) is 7.11 Å². The lowest BCUT2D eigenvalue weighted by Crippen LogP contribution is -2.37. The van der Waals surface area contributed by atoms with Gasteiger partial charge in [0, 0.05) is 0 Å². The molecule has 0 bridgehead atoms. The van der Waals surface area contributed by atoms with Crippen LogP contribution in [-0.2, 0) is 18.7 Å². The van der Waals surface area contributed by atoms with Gasteiger partial charge < -0.3 is 4.74 Å². The van der Waals surface area contributed by atoms with E-state index in [4.69, 9.17) is 0 Å². The molecule has 1 aromatic carbocycles. The molecule has 0 saturated heterocycles. The summed E-state index contributed by atoms with van der Waals surface area (Å²) in [4.78, 5) is 23.1. The lowest BCUT2D eigenvalue weighted by molar-refractivity contribution is -0.146. The number of hydrogen-bond donors (Lipinski definition) is 0. The number of hydrogen-bond acceptors (Lipinski definition) is 3. The molecule has 1 unspecified atom stereocenters. The molecule has 0 aliphatic heterocycles. The second-order valence-electron chi connectivity index (χ2n) is 3.07. The monoisotopic (exact) mass is 270 g/mol. The molecule has 1 aromatic rings. The van der Waals surface area contributed by atoms with Crippen molar-refractivity contribution in [3.8, 4) is 0 Å². The third kappa shape index (κ3) is 2.09. The molecule has 0 aromatic heterocycles. The summed E-state index contributed by atoms with van der Waals surface area (Å²) in [6.45, 7) is 1.35. The van der Waals surface area contributed by atoms with Crippen molar-refractivity contribution >= 4 is 27.7 Å². The first-order valence-corrected chi connectivity index (χ1v) is 5.16. The minimum atomic E-state index is -1.39. The lowest BCUT2D eigenvalue weighted by Gasteiger charge is -2.21. The van der Waals surface area contributed by atoms with Gasteiger partial charge in [-0.25, -0.2) is 4.79 Å². The van der Waals surface area contributed by atoms with E-state index in [0.29, 0.717) is 5.56 Å². The van der Waals surface area contributed by atoms with Gasteiger partial charge in [0.05, 0.1) is 7.11 Å². The van der Waals surface area contributed by atoms with Gasteiger partial charge in [0.1, 0.15) is 0 Å². The maximum atomic E-state index is 11.6. The molecule has 0 fully saturated rings. The van der Waals surface area contributed by atoms with Crippen molar-refractivity contribution < 1.29 is 14.3 Å². The Morgan fingerprint density at radius 2 is 1.80 bits per heavy atom. The molecule has 0 aliphatic rings. The van der Waals surface area contributed by atoms with E-state index in [0.717, 1.165) is 0 Å². The predicted molar refractivity (Wildman–Crippen MR) is 59.7 cm³/mol. The topological polar surface area (TPSA) is 43.4 Å². The fourth-order valence-electron chi connectivity index (χ4n) is 1.27. The molecular weight excluding hydrogens is 260 g/mol. The zero-order chi connectivity index (χ0) is 11.5. The fraction of sp³-hybridized carbons (Fsp3) is 0.273. The second kappa shape index (κ2) is 4.57. The molecule has 0 spiro atoms. The van der Waals surface area contributed by atoms with E-state index >= 15 is 0 Å². The number of methoxy groups -OCH3 is 1. The van der Waals surface area contributed by atoms with E-state index in [9.17, 15) is 9.59 Å². The van der Waals surface area contributed by atoms with Crippen molar-refractivity contribution in [2.45, 2.75) is 11.2 Å². The summed E-state index contributed by atoms with van der Waals surface area (Å²) in [7, 11) is 1.25. The number of carbonyl (C=O) groups is 2. The van der Waals surface area contributed by atoms with Gasteiger partial charge in [-0.3, -0.25) is 4.79 Å². The normalized spacial score (nSPS) is 14.1. The van der Waals surface area contributed by atoms with Crippen LogP contribution in [0.4, 0.5) is 0 Å². The summed E-state index contributed by atoms with van der Waals surface area (Å²) in [5.41, 5.74) is 0.573. The highest BCUT2D eigenvalue weighted by molar-refractivity contribution is 9.10. The molecule has 1 atom stereocenters. The molecule has 3 nitrogen and oxygen atoms in total. The summed E-state index contributed by atoms with van der Waals surface area (Å²) < 4.78 is 3.24. The van der Waals surface area contributed by atoms with Gasteiger partial charge in [-0.1, -0.05) is 46.3 Å². The Morgan fingerprint density at radius 1 is 1.27 bits per heavy atom. The third-order valence-corrected chi connectivity index (χ3v) is 3.46. The van der Waals surface area contributed by atoms with Gasteiger partial charge >= 0.3 is 5.97 Å². The molecule has 0 radical (unpaired) electrons. The van der Waals surface area contributed by atoms with Gasteiger partial charge in [0.2, 0.25) is 4.32 Å². The van der Waals surface area contributed by atoms with Crippen molar-refractivity contribution in [2.24, 2.45) is 0 Å². The SMILES string of the molecule is COC(=O)C(Br)(C(C)=O)c1ccccc1. The average Bonchev–Trinajstić information content (AvgIpc) is 2.27. The van der Waals surface area contributed by atoms with Crippen LogP contribution in [0.1, 0.15) is 12.5 Å². The number of alkyl halides is 1. The van der Waals surface area contributed by atoms with Crippen molar-refractivity contribution in [1.82, 2.24) is 0 Å². The first kappa shape index (κ1) is 11.9. The van der Waals surface area contributed by atoms with Crippen LogP contribution in [0.3, 0.4) is 0 Å². The number of carbonyl (C=O) groups excluding carboxylic acids is 2. The van der Waals surface area contributed by atoms with E-state index in [1.54, 1.807) is 24.3 Å². The molecule has 0 aliphatic carbocycles. The van der Waals surface area contributed by atoms with Gasteiger partial charge in [-0.2, -0.15) is 0 Å². The number of ketones is 1. The first-order chi connectivity index (χ1) is 7.03. The smallest absolute Gasteiger partial charge is 0.334 e. The van der Waals surface area contributed by atoms with Crippen molar-refractivity contribution in [3.05, 3.63) is 35.9 Å². The van der Waals surface area contributed by atoms with Crippen LogP contribution >= 0.6 is 15.9 Å². The highest BCUT2D eigenvalue weighted by Gasteiger charge is 2.43. The molecule has 80 valence electrons. The largest absolute Gasteiger partial charge is 0.467 e. The number of rotatable bonds is 3. The van der Waals surface area contributed by atoms with Crippen LogP contribution in [0.25, 0.3) is 0 Å². The van der Waals surface area contributed by atoms with Crippen LogP contribution in [0.5, 0.6) is 0 Å². The molecule has 4 heteroatoms. The van der Waals surface area contributed by atoms with Gasteiger partial charge in [0.25, 0.3) is 0 Å². The molecule has 15 heavy (non-hydrogen) atoms. The Bertz CT molecular complexity index is 375. The van der Waals surface area contributed by atoms with E-state index in [2.05, 4.69) is 20.7 Å². The number of Topliss-reactive ketones (excluding diaryl/α,β-unsaturated/α-hetero) is 1. The van der Waals surface area contributed by atoms with Gasteiger partial charge in [0.15, 0.2) is 5.78 Å². The summed E-state index contributed by atoms with van der Waals surface area (Å²) in [6.07, 6.45) is 0. The van der Waals surface area contributed by atoms with E-state index < -0.39 is 10.3 Å². The number of benzene rings is 1. The standard InChI is InChI=1S/C11H11BrO3/c1-8(13)11(12,10(14)15-2)9-6-4-3-5-7-9/h3-7H,1-2H3. The minimum absolute atomic E-state index is 0.305. The summed E-state index contributed by atoms with van der Waals surface area (Å²) in [6, 6.07) is 8.74. The molecule has 1 rings (SSSR count). The Labute approximate surface area is 96.6 Å². The van der Waals surface area contributed by atoms with E-state index in [-0.39, 0.29) is 5.78 Å². The van der Waals surface area contributed by atoms with Crippen LogP contribution in [0, 0.1) is 0 Å². The zero-order valence-corrected chi connectivity index (χ0v) is 10.1. The van der Waals surface area contributed by atoms with Crippen LogP contribution in [0.2, 0.25) is 0 Å². The maximum Gasteiger partial charge on any atom is 0.334 e. The first-order valence-electron chi connectivity index (χ1n) is 4.37. The number of halogens is 1. The highest BCUT2D eigenvalue weighted by Crippen LogP contribution is 2.33. The highest BCUT2D eigenvalue weighted by atomic mass is 79.9. The quantitative estimate of drug-likeness (QED) is 0.480. The molecule has 0 amide bonds. The van der Waals surface area contributed by atoms with Crippen molar-refractivity contribution in [1.29, 1.82) is 0 Å². The van der Waals surface area contributed by atoms with Crippen LogP contribution < -0.4 is 0 Å². The number of esters is 1. The summed E-state index contributed by atoms with van der Waals surface area (Å²) >= 11 is 3.16. The zero-order valence-electron chi connectivity index (χ0n) is 8.49. The van der Waals surface area contributed by atoms with E-state index in [1.165, 1.54) is 14.0 Å². The van der Waals surface area contributed by atoms with Crippen LogP contribution in [-0.4, -0.2) is 18.9 Å². The van der Waals surface area contributed by atoms with Gasteiger partial charge in [-0.15, -0.1) is 0 Å². The van der Waals surface area contributed by atoms with Crippen molar-refractivity contribution in [3.63, 3.8) is 0 Å². The Balaban J connectivity index is 3.25. The Hall–Kier alpha value is -1.16. The van der Waals surface area contributed by atoms with Gasteiger partial charge in [-0.05, 0) is 12.5 Å². The summed E-state index contributed by atoms with van der Waals surface area (Å²) in [5.74, 6) is -0.915. The molecular formula is C11H11BrO3. The second-order valence-corrected chi connectivity index (χ2v) is 4.26. The molecule has 0 heterocycles. The average molecular weight is 271 g/mol.